The van der Waals surface area contributed by atoms with Gasteiger partial charge in [-0.1, -0.05) is 40.9 Å². The minimum atomic E-state index is -4.82. The Morgan fingerprint density at radius 1 is 0.867 bits per heavy atom. The van der Waals surface area contributed by atoms with Crippen LogP contribution in [0.15, 0.2) is 48.5 Å². The molecule has 3 aromatic carbocycles. The summed E-state index contributed by atoms with van der Waals surface area (Å²) < 4.78 is 76.5. The van der Waals surface area contributed by atoms with Gasteiger partial charge in [0.25, 0.3) is 5.91 Å². The van der Waals surface area contributed by atoms with Gasteiger partial charge in [0, 0.05) is 22.4 Å². The molecule has 0 radical (unpaired) electrons. The maximum atomic E-state index is 15.1. The van der Waals surface area contributed by atoms with Crippen LogP contribution >= 0.6 is 58.0 Å². The van der Waals surface area contributed by atoms with Crippen molar-refractivity contribution < 1.29 is 40.5 Å². The summed E-state index contributed by atoms with van der Waals surface area (Å²) in [5.74, 6) is -10.3. The van der Waals surface area contributed by atoms with Crippen LogP contribution in [-0.4, -0.2) is 43.9 Å². The lowest BCUT2D eigenvalue weighted by Gasteiger charge is -2.13. The van der Waals surface area contributed by atoms with Crippen molar-refractivity contribution >= 4 is 104 Å². The zero-order valence-electron chi connectivity index (χ0n) is 22.0. The molecular weight excluding hydrogens is 735 g/mol. The van der Waals surface area contributed by atoms with Gasteiger partial charge in [-0.25, -0.2) is 8.78 Å². The molecule has 0 aromatic heterocycles. The van der Waals surface area contributed by atoms with Crippen LogP contribution in [0, 0.1) is 17.6 Å². The zero-order chi connectivity index (χ0) is 33.4. The Labute approximate surface area is 279 Å². The molecule has 18 heteroatoms. The van der Waals surface area contributed by atoms with Gasteiger partial charge in [0.15, 0.2) is 5.82 Å². The minimum Gasteiger partial charge on any atom is -0.326 e. The van der Waals surface area contributed by atoms with Gasteiger partial charge < -0.3 is 16.0 Å². The van der Waals surface area contributed by atoms with E-state index >= 15 is 4.39 Å². The number of nitrogens with one attached hydrogen (secondary N) is 3. The second-order valence-electron chi connectivity index (χ2n) is 9.62. The monoisotopic (exact) mass is 749 g/mol. The summed E-state index contributed by atoms with van der Waals surface area (Å²) in [7, 11) is -2.69. The van der Waals surface area contributed by atoms with Gasteiger partial charge in [-0.2, -0.15) is 13.2 Å². The molecule has 0 saturated heterocycles. The number of hydrogen-bond acceptors (Lipinski definition) is 4. The first-order chi connectivity index (χ1) is 20.9. The van der Waals surface area contributed by atoms with E-state index in [1.807, 2.05) is 0 Å². The molecule has 1 aliphatic rings. The summed E-state index contributed by atoms with van der Waals surface area (Å²) >= 11 is 30.9. The van der Waals surface area contributed by atoms with Crippen molar-refractivity contribution in [2.24, 2.45) is 5.92 Å². The van der Waals surface area contributed by atoms with Crippen molar-refractivity contribution in [3.05, 3.63) is 86.4 Å². The van der Waals surface area contributed by atoms with Crippen molar-refractivity contribution in [1.82, 2.24) is 0 Å². The van der Waals surface area contributed by atoms with Crippen LogP contribution in [0.2, 0.25) is 15.1 Å². The molecule has 3 amide bonds. The van der Waals surface area contributed by atoms with Crippen molar-refractivity contribution in [2.45, 2.75) is 16.4 Å². The van der Waals surface area contributed by atoms with Crippen molar-refractivity contribution in [3.63, 3.8) is 0 Å². The third kappa shape index (κ3) is 8.38. The van der Waals surface area contributed by atoms with Crippen LogP contribution in [-0.2, 0) is 20.4 Å². The number of carbonyl (C=O) groups is 3. The highest BCUT2D eigenvalue weighted by molar-refractivity contribution is 7.85. The third-order valence-corrected chi connectivity index (χ3v) is 9.58. The molecule has 3 N–H and O–H groups in total. The normalized spacial score (nSPS) is 17.7. The summed E-state index contributed by atoms with van der Waals surface area (Å²) in [6.45, 7) is 0. The fourth-order valence-corrected chi connectivity index (χ4v) is 6.45. The Morgan fingerprint density at radius 2 is 1.53 bits per heavy atom. The van der Waals surface area contributed by atoms with E-state index in [4.69, 9.17) is 58.0 Å². The molecule has 45 heavy (non-hydrogen) atoms. The quantitative estimate of drug-likeness (QED) is 0.153. The average molecular weight is 752 g/mol. The maximum absolute atomic E-state index is 15.1. The van der Waals surface area contributed by atoms with Gasteiger partial charge >= 0.3 is 6.18 Å². The number of amides is 3. The molecule has 1 saturated carbocycles. The summed E-state index contributed by atoms with van der Waals surface area (Å²) in [5.41, 5.74) is -1.35. The van der Waals surface area contributed by atoms with Gasteiger partial charge in [-0.3, -0.25) is 18.6 Å². The molecule has 0 spiro atoms. The van der Waals surface area contributed by atoms with Crippen molar-refractivity contribution in [2.75, 3.05) is 27.5 Å². The Kier molecular flexibility index (Phi) is 10.6. The topological polar surface area (TPSA) is 104 Å². The average Bonchev–Trinajstić information content (AvgIpc) is 3.51. The SMILES string of the molecule is O=C(CS(=O)CC(F)(F)F)Nc1c(F)ccc(NC(=O)c2cc(NC(=O)C3[C@H](c4ccc(Cl)c(Cl)c4)C3(Cl)Cl)ccc2Cl)c1F. The molecule has 7 nitrogen and oxygen atoms in total. The summed E-state index contributed by atoms with van der Waals surface area (Å²) in [6.07, 6.45) is -4.82. The Hall–Kier alpha value is -2.68. The number of carbonyl (C=O) groups excluding carboxylic acids is 3. The van der Waals surface area contributed by atoms with E-state index in [2.05, 4.69) is 10.6 Å². The lowest BCUT2D eigenvalue weighted by molar-refractivity contribution is -0.117. The lowest BCUT2D eigenvalue weighted by atomic mass is 10.1. The highest BCUT2D eigenvalue weighted by Crippen LogP contribution is 2.65. The molecule has 0 bridgehead atoms. The molecule has 3 atom stereocenters. The molecule has 2 unspecified atom stereocenters. The first-order valence-electron chi connectivity index (χ1n) is 12.3. The molecule has 4 rings (SSSR count). The fourth-order valence-electron chi connectivity index (χ4n) is 4.28. The molecule has 0 heterocycles. The number of hydrogen-bond donors (Lipinski definition) is 3. The van der Waals surface area contributed by atoms with E-state index in [9.17, 15) is 36.2 Å². The van der Waals surface area contributed by atoms with Gasteiger partial charge in [0.05, 0.1) is 32.2 Å². The van der Waals surface area contributed by atoms with E-state index in [0.29, 0.717) is 16.7 Å². The van der Waals surface area contributed by atoms with Crippen LogP contribution < -0.4 is 16.0 Å². The van der Waals surface area contributed by atoms with Crippen LogP contribution in [0.5, 0.6) is 0 Å². The molecule has 1 fully saturated rings. The zero-order valence-corrected chi connectivity index (χ0v) is 26.6. The molecule has 240 valence electrons. The second kappa shape index (κ2) is 13.6. The van der Waals surface area contributed by atoms with Crippen molar-refractivity contribution in [1.29, 1.82) is 0 Å². The first kappa shape index (κ1) is 35.2. The van der Waals surface area contributed by atoms with E-state index in [1.165, 1.54) is 24.3 Å². The molecular formula is C27H17Cl5F5N3O4S. The summed E-state index contributed by atoms with van der Waals surface area (Å²) in [5, 5.41) is 6.85. The van der Waals surface area contributed by atoms with Gasteiger partial charge in [-0.05, 0) is 48.0 Å². The van der Waals surface area contributed by atoms with Crippen LogP contribution in [0.25, 0.3) is 0 Å². The summed E-state index contributed by atoms with van der Waals surface area (Å²) in [4.78, 5) is 38.0. The van der Waals surface area contributed by atoms with Gasteiger partial charge in [-0.15, -0.1) is 23.2 Å². The van der Waals surface area contributed by atoms with E-state index in [0.717, 1.165) is 12.1 Å². The fraction of sp³-hybridized carbons (Fsp3) is 0.222. The standard InChI is InChI=1S/C27H17Cl5F5N3O4S/c28-14-4-2-12(38-25(43)21-20(27(21,31)32)11-1-3-15(29)16(30)7-11)8-13(14)24(42)39-18-6-5-17(33)23(22(18)34)40-19(41)9-45(44)10-26(35,36)37/h1-8,20-21H,9-10H2,(H,38,43)(H,39,42)(H,40,41)/t20-,21?,45?/m0/s1. The van der Waals surface area contributed by atoms with E-state index < -0.39 is 85.4 Å². The van der Waals surface area contributed by atoms with Crippen molar-refractivity contribution in [3.8, 4) is 0 Å². The smallest absolute Gasteiger partial charge is 0.326 e. The number of benzene rings is 3. The number of anilines is 3. The van der Waals surface area contributed by atoms with E-state index in [-0.39, 0.29) is 21.3 Å². The Morgan fingerprint density at radius 3 is 2.18 bits per heavy atom. The van der Waals surface area contributed by atoms with Gasteiger partial charge in [0.1, 0.15) is 27.3 Å². The molecule has 0 aliphatic heterocycles. The maximum Gasteiger partial charge on any atom is 0.400 e. The minimum absolute atomic E-state index is 0.0814. The predicted molar refractivity (Wildman–Crippen MR) is 164 cm³/mol. The Balaban J connectivity index is 1.47. The largest absolute Gasteiger partial charge is 0.400 e. The lowest BCUT2D eigenvalue weighted by Crippen LogP contribution is -2.27. The summed E-state index contributed by atoms with van der Waals surface area (Å²) in [6, 6.07) is 9.96. The van der Waals surface area contributed by atoms with Gasteiger partial charge in [0.2, 0.25) is 11.8 Å². The van der Waals surface area contributed by atoms with E-state index in [1.54, 1.807) is 11.4 Å². The number of rotatable bonds is 9. The predicted octanol–water partition coefficient (Wildman–Crippen LogP) is 7.95. The Bertz CT molecular complexity index is 1730. The highest BCUT2D eigenvalue weighted by atomic mass is 35.5. The molecule has 1 aliphatic carbocycles. The first-order valence-corrected chi connectivity index (χ1v) is 15.7. The van der Waals surface area contributed by atoms with Crippen LogP contribution in [0.3, 0.4) is 0 Å². The highest BCUT2D eigenvalue weighted by Gasteiger charge is 2.67. The second-order valence-corrected chi connectivity index (χ2v) is 13.7. The van der Waals surface area contributed by atoms with Crippen LogP contribution in [0.1, 0.15) is 21.8 Å². The van der Waals surface area contributed by atoms with Crippen LogP contribution in [0.4, 0.5) is 39.0 Å². The number of alkyl halides is 5. The number of halogens is 10. The third-order valence-electron chi connectivity index (χ3n) is 6.34. The molecule has 3 aromatic rings.